The van der Waals surface area contributed by atoms with Crippen LogP contribution in [0.1, 0.15) is 29.7 Å². The molecule has 30 heavy (non-hydrogen) atoms. The van der Waals surface area contributed by atoms with Crippen LogP contribution in [0.15, 0.2) is 71.9 Å². The second-order valence-corrected chi connectivity index (χ2v) is 7.11. The number of ether oxygens (including phenoxy) is 2. The lowest BCUT2D eigenvalue weighted by molar-refractivity contribution is -0.139. The summed E-state index contributed by atoms with van der Waals surface area (Å²) >= 11 is 0. The summed E-state index contributed by atoms with van der Waals surface area (Å²) in [5, 5.41) is 10.1. The molecule has 0 bridgehead atoms. The average Bonchev–Trinajstić information content (AvgIpc) is 3.13. The number of rotatable bonds is 5. The molecule has 2 atom stereocenters. The van der Waals surface area contributed by atoms with Crippen LogP contribution in [0, 0.1) is 5.92 Å². The van der Waals surface area contributed by atoms with Crippen molar-refractivity contribution in [3.8, 4) is 0 Å². The number of benzene rings is 2. The van der Waals surface area contributed by atoms with Crippen molar-refractivity contribution in [3.63, 3.8) is 0 Å². The van der Waals surface area contributed by atoms with Gasteiger partial charge in [0.15, 0.2) is 0 Å². The second kappa shape index (κ2) is 8.55. The van der Waals surface area contributed by atoms with Gasteiger partial charge in [0, 0.05) is 5.92 Å². The van der Waals surface area contributed by atoms with Gasteiger partial charge in [-0.1, -0.05) is 66.7 Å². The van der Waals surface area contributed by atoms with E-state index in [1.54, 1.807) is 6.92 Å². The quantitative estimate of drug-likeness (QED) is 0.765. The Labute approximate surface area is 175 Å². The maximum Gasteiger partial charge on any atom is 0.415 e. The molecule has 0 fully saturated rings. The van der Waals surface area contributed by atoms with Crippen LogP contribution in [-0.2, 0) is 20.9 Å². The van der Waals surface area contributed by atoms with Gasteiger partial charge in [-0.25, -0.2) is 9.59 Å². The van der Waals surface area contributed by atoms with Crippen molar-refractivity contribution in [1.82, 2.24) is 4.90 Å². The number of amides is 1. The number of carbonyl (C=O) groups is 2. The number of fused-ring (bicyclic) bond motifs is 3. The van der Waals surface area contributed by atoms with Crippen LogP contribution in [0.5, 0.6) is 0 Å². The van der Waals surface area contributed by atoms with E-state index < -0.39 is 30.6 Å². The number of nitrogens with zero attached hydrogens (tertiary/aromatic N) is 1. The van der Waals surface area contributed by atoms with E-state index in [9.17, 15) is 14.7 Å². The number of hydrogen-bond donors (Lipinski definition) is 1. The summed E-state index contributed by atoms with van der Waals surface area (Å²) < 4.78 is 10.8. The lowest BCUT2D eigenvalue weighted by Crippen LogP contribution is -2.35. The van der Waals surface area contributed by atoms with E-state index in [1.165, 1.54) is 4.90 Å². The monoisotopic (exact) mass is 405 g/mol. The van der Waals surface area contributed by atoms with Crippen molar-refractivity contribution < 1.29 is 24.2 Å². The first-order valence-corrected chi connectivity index (χ1v) is 9.93. The minimum absolute atomic E-state index is 0.0957. The van der Waals surface area contributed by atoms with Crippen molar-refractivity contribution in [2.45, 2.75) is 19.6 Å². The molecule has 1 aliphatic carbocycles. The van der Waals surface area contributed by atoms with Gasteiger partial charge in [0.05, 0.1) is 30.5 Å². The summed E-state index contributed by atoms with van der Waals surface area (Å²) in [5.41, 5.74) is 3.23. The van der Waals surface area contributed by atoms with Gasteiger partial charge in [-0.15, -0.1) is 0 Å². The Kier molecular flexibility index (Phi) is 5.68. The first-order valence-electron chi connectivity index (χ1n) is 9.93. The molecule has 1 N–H and O–H groups in total. The molecule has 0 unspecified atom stereocenters. The summed E-state index contributed by atoms with van der Waals surface area (Å²) in [6, 6.07) is 16.6. The van der Waals surface area contributed by atoms with Gasteiger partial charge >= 0.3 is 12.1 Å². The largest absolute Gasteiger partial charge is 0.463 e. The summed E-state index contributed by atoms with van der Waals surface area (Å²) in [5.74, 6) is -0.940. The van der Waals surface area contributed by atoms with Crippen molar-refractivity contribution in [2.75, 3.05) is 13.2 Å². The zero-order valence-corrected chi connectivity index (χ0v) is 16.7. The molecule has 154 valence electrons. The topological polar surface area (TPSA) is 76.1 Å². The van der Waals surface area contributed by atoms with Crippen LogP contribution < -0.4 is 0 Å². The molecule has 6 heteroatoms. The predicted molar refractivity (Wildman–Crippen MR) is 111 cm³/mol. The Morgan fingerprint density at radius 2 is 1.77 bits per heavy atom. The highest BCUT2D eigenvalue weighted by Gasteiger charge is 2.48. The van der Waals surface area contributed by atoms with E-state index >= 15 is 0 Å². The molecule has 2 aromatic carbocycles. The van der Waals surface area contributed by atoms with E-state index in [2.05, 4.69) is 0 Å². The van der Waals surface area contributed by atoms with Crippen LogP contribution in [0.3, 0.4) is 0 Å². The SMILES string of the molecule is CCOC(=O)C1=C(CO)N(C(=O)OCc2ccccc2)[C@H]2c3ccccc3C=C[C@@H]12. The van der Waals surface area contributed by atoms with Crippen LogP contribution in [-0.4, -0.2) is 35.3 Å². The molecule has 6 nitrogen and oxygen atoms in total. The molecule has 2 aliphatic rings. The summed E-state index contributed by atoms with van der Waals surface area (Å²) in [6.07, 6.45) is 3.21. The van der Waals surface area contributed by atoms with Gasteiger partial charge in [-0.3, -0.25) is 4.90 Å². The third-order valence-electron chi connectivity index (χ3n) is 5.40. The first kappa shape index (κ1) is 19.9. The summed E-state index contributed by atoms with van der Waals surface area (Å²) in [4.78, 5) is 27.3. The fraction of sp³-hybridized carbons (Fsp3) is 0.250. The minimum Gasteiger partial charge on any atom is -0.463 e. The maximum absolute atomic E-state index is 13.2. The van der Waals surface area contributed by atoms with E-state index in [-0.39, 0.29) is 18.9 Å². The molecule has 0 spiro atoms. The number of esters is 1. The van der Waals surface area contributed by atoms with Crippen molar-refractivity contribution in [2.24, 2.45) is 5.92 Å². The lowest BCUT2D eigenvalue weighted by Gasteiger charge is -2.32. The molecule has 1 aliphatic heterocycles. The molecular weight excluding hydrogens is 382 g/mol. The molecule has 0 saturated heterocycles. The maximum atomic E-state index is 13.2. The highest BCUT2D eigenvalue weighted by Crippen LogP contribution is 2.48. The first-order chi connectivity index (χ1) is 14.7. The summed E-state index contributed by atoms with van der Waals surface area (Å²) in [6.45, 7) is 1.55. The zero-order chi connectivity index (χ0) is 21.1. The Morgan fingerprint density at radius 1 is 1.03 bits per heavy atom. The van der Waals surface area contributed by atoms with Crippen LogP contribution in [0.4, 0.5) is 4.79 Å². The number of aliphatic hydroxyl groups excluding tert-OH is 1. The fourth-order valence-corrected chi connectivity index (χ4v) is 4.12. The van der Waals surface area contributed by atoms with Crippen molar-refractivity contribution >= 4 is 18.1 Å². The third kappa shape index (κ3) is 3.50. The average molecular weight is 405 g/mol. The molecule has 0 saturated carbocycles. The van der Waals surface area contributed by atoms with Crippen molar-refractivity contribution in [3.05, 3.63) is 88.6 Å². The van der Waals surface area contributed by atoms with E-state index in [0.29, 0.717) is 5.57 Å². The lowest BCUT2D eigenvalue weighted by atomic mass is 9.82. The van der Waals surface area contributed by atoms with Gasteiger partial charge in [-0.2, -0.15) is 0 Å². The molecule has 1 amide bonds. The Bertz CT molecular complexity index is 1010. The predicted octanol–water partition coefficient (Wildman–Crippen LogP) is 3.83. The fourth-order valence-electron chi connectivity index (χ4n) is 4.12. The Morgan fingerprint density at radius 3 is 2.50 bits per heavy atom. The van der Waals surface area contributed by atoms with Gasteiger partial charge in [0.25, 0.3) is 0 Å². The minimum atomic E-state index is -0.609. The smallest absolute Gasteiger partial charge is 0.415 e. The number of carbonyl (C=O) groups excluding carboxylic acids is 2. The van der Waals surface area contributed by atoms with Gasteiger partial charge in [0.1, 0.15) is 6.61 Å². The van der Waals surface area contributed by atoms with Gasteiger partial charge in [-0.05, 0) is 23.6 Å². The standard InChI is InChI=1S/C24H23NO5/c1-2-29-23(27)21-19-13-12-17-10-6-7-11-18(17)22(19)25(20(21)14-26)24(28)30-15-16-8-4-3-5-9-16/h3-13,19,22,26H,2,14-15H2,1H3/t19-,22-/m0/s1. The number of aliphatic hydroxyl groups is 1. The molecule has 1 heterocycles. The van der Waals surface area contributed by atoms with Crippen LogP contribution in [0.25, 0.3) is 6.08 Å². The van der Waals surface area contributed by atoms with Gasteiger partial charge in [0.2, 0.25) is 0 Å². The Hall–Kier alpha value is -3.38. The highest BCUT2D eigenvalue weighted by atomic mass is 16.6. The summed E-state index contributed by atoms with van der Waals surface area (Å²) in [7, 11) is 0. The van der Waals surface area contributed by atoms with E-state index in [0.717, 1.165) is 16.7 Å². The molecular formula is C24H23NO5. The van der Waals surface area contributed by atoms with Gasteiger partial charge < -0.3 is 14.6 Å². The van der Waals surface area contributed by atoms with Crippen molar-refractivity contribution in [1.29, 1.82) is 0 Å². The number of hydrogen-bond acceptors (Lipinski definition) is 5. The second-order valence-electron chi connectivity index (χ2n) is 7.11. The normalized spacial score (nSPS) is 19.3. The molecule has 0 aromatic heterocycles. The Balaban J connectivity index is 1.72. The van der Waals surface area contributed by atoms with Crippen LogP contribution >= 0.6 is 0 Å². The third-order valence-corrected chi connectivity index (χ3v) is 5.40. The highest BCUT2D eigenvalue weighted by molar-refractivity contribution is 5.94. The molecule has 0 radical (unpaired) electrons. The van der Waals surface area contributed by atoms with E-state index in [1.807, 2.05) is 66.7 Å². The van der Waals surface area contributed by atoms with Crippen LogP contribution in [0.2, 0.25) is 0 Å². The molecule has 2 aromatic rings. The molecule has 4 rings (SSSR count). The van der Waals surface area contributed by atoms with E-state index in [4.69, 9.17) is 9.47 Å². The zero-order valence-electron chi connectivity index (χ0n) is 16.7.